The third kappa shape index (κ3) is 4.60. The Morgan fingerprint density at radius 2 is 1.92 bits per heavy atom. The number of amides is 2. The molecule has 2 heterocycles. The molecular weight excluding hydrogens is 314 g/mol. The predicted octanol–water partition coefficient (Wildman–Crippen LogP) is 2.29. The van der Waals surface area contributed by atoms with Crippen molar-refractivity contribution in [1.29, 1.82) is 0 Å². The Kier molecular flexibility index (Phi) is 6.08. The van der Waals surface area contributed by atoms with E-state index in [2.05, 4.69) is 36.2 Å². The molecule has 2 aliphatic rings. The second kappa shape index (κ2) is 8.48. The van der Waals surface area contributed by atoms with Gasteiger partial charge in [-0.1, -0.05) is 30.3 Å². The molecule has 2 fully saturated rings. The van der Waals surface area contributed by atoms with Crippen LogP contribution in [0.3, 0.4) is 0 Å². The standard InChI is InChI=1S/C20H29N3O2/c1-21-14-15-23(16-18(21)17-8-3-2-4-9-17)20(25)11-7-13-22-12-6-5-10-19(22)24/h2-4,8-9,18H,5-7,10-16H2,1H3/t18-/m1/s1. The second-order valence-electron chi connectivity index (χ2n) is 7.19. The summed E-state index contributed by atoms with van der Waals surface area (Å²) in [6.07, 6.45) is 4.08. The summed E-state index contributed by atoms with van der Waals surface area (Å²) in [6, 6.07) is 10.7. The quantitative estimate of drug-likeness (QED) is 0.824. The molecule has 0 N–H and O–H groups in total. The molecular formula is C20H29N3O2. The molecule has 2 aliphatic heterocycles. The van der Waals surface area contributed by atoms with Crippen molar-refractivity contribution in [2.45, 2.75) is 38.1 Å². The average Bonchev–Trinajstić information content (AvgIpc) is 2.64. The normalized spacial score (nSPS) is 22.3. The molecule has 1 aromatic carbocycles. The first-order valence-electron chi connectivity index (χ1n) is 9.46. The molecule has 25 heavy (non-hydrogen) atoms. The summed E-state index contributed by atoms with van der Waals surface area (Å²) in [6.45, 7) is 4.03. The number of hydrogen-bond donors (Lipinski definition) is 0. The highest BCUT2D eigenvalue weighted by molar-refractivity contribution is 5.77. The van der Waals surface area contributed by atoms with Gasteiger partial charge in [-0.2, -0.15) is 0 Å². The molecule has 3 rings (SSSR count). The van der Waals surface area contributed by atoms with Gasteiger partial charge in [0.2, 0.25) is 11.8 Å². The van der Waals surface area contributed by atoms with E-state index in [4.69, 9.17) is 0 Å². The first-order valence-corrected chi connectivity index (χ1v) is 9.46. The lowest BCUT2D eigenvalue weighted by Gasteiger charge is -2.40. The summed E-state index contributed by atoms with van der Waals surface area (Å²) in [5.74, 6) is 0.473. The van der Waals surface area contributed by atoms with Crippen molar-refractivity contribution in [3.63, 3.8) is 0 Å². The van der Waals surface area contributed by atoms with Crippen LogP contribution in [-0.2, 0) is 9.59 Å². The van der Waals surface area contributed by atoms with Crippen molar-refractivity contribution in [2.24, 2.45) is 0 Å². The van der Waals surface area contributed by atoms with Crippen LogP contribution in [0.2, 0.25) is 0 Å². The van der Waals surface area contributed by atoms with Crippen molar-refractivity contribution in [1.82, 2.24) is 14.7 Å². The first kappa shape index (κ1) is 17.9. The molecule has 2 saturated heterocycles. The maximum atomic E-state index is 12.6. The summed E-state index contributed by atoms with van der Waals surface area (Å²) in [5, 5.41) is 0. The van der Waals surface area contributed by atoms with Crippen LogP contribution in [0, 0.1) is 0 Å². The van der Waals surface area contributed by atoms with Gasteiger partial charge >= 0.3 is 0 Å². The molecule has 0 spiro atoms. The van der Waals surface area contributed by atoms with Gasteiger partial charge in [-0.05, 0) is 31.9 Å². The Balaban J connectivity index is 1.49. The van der Waals surface area contributed by atoms with Gasteiger partial charge in [0, 0.05) is 45.6 Å². The fourth-order valence-electron chi connectivity index (χ4n) is 3.81. The number of likely N-dealkylation sites (N-methyl/N-ethyl adjacent to an activating group) is 1. The van der Waals surface area contributed by atoms with Crippen LogP contribution in [0.15, 0.2) is 30.3 Å². The number of nitrogens with zero attached hydrogens (tertiary/aromatic N) is 3. The number of piperazine rings is 1. The number of carbonyl (C=O) groups excluding carboxylic acids is 2. The molecule has 1 aromatic rings. The Morgan fingerprint density at radius 3 is 2.68 bits per heavy atom. The topological polar surface area (TPSA) is 43.9 Å². The minimum Gasteiger partial charge on any atom is -0.343 e. The summed E-state index contributed by atoms with van der Waals surface area (Å²) in [4.78, 5) is 30.7. The van der Waals surface area contributed by atoms with E-state index in [0.717, 1.165) is 52.0 Å². The summed E-state index contributed by atoms with van der Waals surface area (Å²) >= 11 is 0. The minimum atomic E-state index is 0.221. The fourth-order valence-corrected chi connectivity index (χ4v) is 3.81. The highest BCUT2D eigenvalue weighted by atomic mass is 16.2. The number of carbonyl (C=O) groups is 2. The SMILES string of the molecule is CN1CCN(C(=O)CCCN2CCCCC2=O)C[C@@H]1c1ccccc1. The van der Waals surface area contributed by atoms with Gasteiger partial charge in [0.15, 0.2) is 0 Å². The van der Waals surface area contributed by atoms with Gasteiger partial charge in [0.1, 0.15) is 0 Å². The van der Waals surface area contributed by atoms with E-state index in [-0.39, 0.29) is 17.9 Å². The molecule has 0 aromatic heterocycles. The van der Waals surface area contributed by atoms with Crippen molar-refractivity contribution < 1.29 is 9.59 Å². The number of piperidine rings is 1. The zero-order valence-electron chi connectivity index (χ0n) is 15.2. The summed E-state index contributed by atoms with van der Waals surface area (Å²) in [7, 11) is 2.13. The average molecular weight is 343 g/mol. The molecule has 2 amide bonds. The molecule has 0 unspecified atom stereocenters. The van der Waals surface area contributed by atoms with E-state index in [9.17, 15) is 9.59 Å². The maximum absolute atomic E-state index is 12.6. The largest absolute Gasteiger partial charge is 0.343 e. The van der Waals surface area contributed by atoms with Gasteiger partial charge in [0.05, 0.1) is 6.04 Å². The lowest BCUT2D eigenvalue weighted by Crippen LogP contribution is -2.49. The third-order valence-electron chi connectivity index (χ3n) is 5.43. The smallest absolute Gasteiger partial charge is 0.222 e. The van der Waals surface area contributed by atoms with Crippen LogP contribution in [-0.4, -0.2) is 66.3 Å². The number of rotatable bonds is 5. The second-order valence-corrected chi connectivity index (χ2v) is 7.19. The van der Waals surface area contributed by atoms with E-state index < -0.39 is 0 Å². The van der Waals surface area contributed by atoms with Gasteiger partial charge in [-0.15, -0.1) is 0 Å². The number of benzene rings is 1. The fraction of sp³-hybridized carbons (Fsp3) is 0.600. The zero-order chi connectivity index (χ0) is 17.6. The highest BCUT2D eigenvalue weighted by Crippen LogP contribution is 2.24. The third-order valence-corrected chi connectivity index (χ3v) is 5.43. The molecule has 0 aliphatic carbocycles. The van der Waals surface area contributed by atoms with Crippen molar-refractivity contribution in [3.05, 3.63) is 35.9 Å². The zero-order valence-corrected chi connectivity index (χ0v) is 15.2. The van der Waals surface area contributed by atoms with Gasteiger partial charge in [-0.3, -0.25) is 14.5 Å². The monoisotopic (exact) mass is 343 g/mol. The molecule has 0 saturated carbocycles. The molecule has 5 heteroatoms. The Bertz CT molecular complexity index is 590. The molecule has 1 atom stereocenters. The van der Waals surface area contributed by atoms with Crippen LogP contribution in [0.1, 0.15) is 43.7 Å². The van der Waals surface area contributed by atoms with Crippen LogP contribution < -0.4 is 0 Å². The van der Waals surface area contributed by atoms with E-state index in [1.807, 2.05) is 15.9 Å². The predicted molar refractivity (Wildman–Crippen MR) is 98.1 cm³/mol. The molecule has 0 radical (unpaired) electrons. The highest BCUT2D eigenvalue weighted by Gasteiger charge is 2.28. The van der Waals surface area contributed by atoms with Crippen molar-refractivity contribution in [2.75, 3.05) is 39.8 Å². The van der Waals surface area contributed by atoms with Gasteiger partial charge in [-0.25, -0.2) is 0 Å². The molecule has 136 valence electrons. The molecule has 0 bridgehead atoms. The molecule has 5 nitrogen and oxygen atoms in total. The van der Waals surface area contributed by atoms with E-state index >= 15 is 0 Å². The first-order chi connectivity index (χ1) is 12.1. The lowest BCUT2D eigenvalue weighted by molar-refractivity contribution is -0.136. The number of hydrogen-bond acceptors (Lipinski definition) is 3. The van der Waals surface area contributed by atoms with Crippen LogP contribution in [0.4, 0.5) is 0 Å². The lowest BCUT2D eigenvalue weighted by atomic mass is 10.0. The Labute approximate surface area is 150 Å². The van der Waals surface area contributed by atoms with Gasteiger partial charge in [0.25, 0.3) is 0 Å². The Hall–Kier alpha value is -1.88. The minimum absolute atomic E-state index is 0.221. The van der Waals surface area contributed by atoms with Crippen LogP contribution in [0.5, 0.6) is 0 Å². The van der Waals surface area contributed by atoms with E-state index in [1.165, 1.54) is 5.56 Å². The van der Waals surface area contributed by atoms with E-state index in [0.29, 0.717) is 12.8 Å². The number of likely N-dealkylation sites (tertiary alicyclic amines) is 1. The van der Waals surface area contributed by atoms with Crippen molar-refractivity contribution >= 4 is 11.8 Å². The summed E-state index contributed by atoms with van der Waals surface area (Å²) in [5.41, 5.74) is 1.27. The van der Waals surface area contributed by atoms with Crippen LogP contribution in [0.25, 0.3) is 0 Å². The van der Waals surface area contributed by atoms with E-state index in [1.54, 1.807) is 0 Å². The van der Waals surface area contributed by atoms with Crippen LogP contribution >= 0.6 is 0 Å². The van der Waals surface area contributed by atoms with Gasteiger partial charge < -0.3 is 9.80 Å². The maximum Gasteiger partial charge on any atom is 0.222 e. The Morgan fingerprint density at radius 1 is 1.12 bits per heavy atom. The summed E-state index contributed by atoms with van der Waals surface area (Å²) < 4.78 is 0. The van der Waals surface area contributed by atoms with Crippen molar-refractivity contribution in [3.8, 4) is 0 Å².